The van der Waals surface area contributed by atoms with Crippen molar-refractivity contribution >= 4 is 5.71 Å². The Kier molecular flexibility index (Phi) is 1.73. The Labute approximate surface area is 85.1 Å². The van der Waals surface area contributed by atoms with Crippen molar-refractivity contribution in [2.24, 2.45) is 0 Å². The van der Waals surface area contributed by atoms with E-state index in [0.717, 1.165) is 6.54 Å². The fourth-order valence-corrected chi connectivity index (χ4v) is 2.77. The molecule has 2 heterocycles. The van der Waals surface area contributed by atoms with E-state index in [1.165, 1.54) is 42.7 Å². The topological polar surface area (TPSA) is 3.01 Å². The summed E-state index contributed by atoms with van der Waals surface area (Å²) in [4.78, 5) is 0. The smallest absolute Gasteiger partial charge is 0.210 e. The molecule has 0 bridgehead atoms. The first-order valence-electron chi connectivity index (χ1n) is 5.55. The fourth-order valence-electron chi connectivity index (χ4n) is 2.77. The number of rotatable bonds is 0. The van der Waals surface area contributed by atoms with Crippen LogP contribution in [0.4, 0.5) is 0 Å². The number of fused-ring (bicyclic) bond motifs is 2. The summed E-state index contributed by atoms with van der Waals surface area (Å²) in [5.74, 6) is 0. The van der Waals surface area contributed by atoms with E-state index in [0.29, 0.717) is 0 Å². The quantitative estimate of drug-likeness (QED) is 0.511. The molecule has 0 spiro atoms. The van der Waals surface area contributed by atoms with Gasteiger partial charge in [0.15, 0.2) is 6.54 Å². The summed E-state index contributed by atoms with van der Waals surface area (Å²) in [7, 11) is 0. The average Bonchev–Trinajstić information content (AvgIpc) is 2.57. The van der Waals surface area contributed by atoms with Crippen LogP contribution in [0.1, 0.15) is 26.2 Å². The van der Waals surface area contributed by atoms with Crippen molar-refractivity contribution in [3.8, 4) is 0 Å². The van der Waals surface area contributed by atoms with Gasteiger partial charge in [-0.05, 0) is 19.8 Å². The molecule has 0 radical (unpaired) electrons. The average molecular weight is 186 g/mol. The SMILES string of the molecule is CC1=CCC[N+]2=C1C1=CCCC=C1C2. The van der Waals surface area contributed by atoms with Crippen molar-refractivity contribution in [1.82, 2.24) is 0 Å². The Morgan fingerprint density at radius 1 is 1.07 bits per heavy atom. The molecule has 14 heavy (non-hydrogen) atoms. The Hall–Kier alpha value is -1.11. The molecule has 0 fully saturated rings. The lowest BCUT2D eigenvalue weighted by Crippen LogP contribution is -2.21. The molecule has 0 atom stereocenters. The van der Waals surface area contributed by atoms with E-state index in [-0.39, 0.29) is 0 Å². The second-order valence-electron chi connectivity index (χ2n) is 4.37. The maximum atomic E-state index is 2.54. The van der Waals surface area contributed by atoms with Gasteiger partial charge in [0.05, 0.1) is 5.57 Å². The van der Waals surface area contributed by atoms with E-state index < -0.39 is 0 Å². The zero-order chi connectivity index (χ0) is 9.54. The van der Waals surface area contributed by atoms with Crippen LogP contribution in [-0.2, 0) is 0 Å². The lowest BCUT2D eigenvalue weighted by Gasteiger charge is -2.08. The molecule has 0 saturated carbocycles. The lowest BCUT2D eigenvalue weighted by atomic mass is 9.93. The van der Waals surface area contributed by atoms with E-state index >= 15 is 0 Å². The Morgan fingerprint density at radius 3 is 2.86 bits per heavy atom. The van der Waals surface area contributed by atoms with Crippen molar-refractivity contribution < 1.29 is 4.58 Å². The van der Waals surface area contributed by atoms with Gasteiger partial charge in [-0.2, -0.15) is 0 Å². The monoisotopic (exact) mass is 186 g/mol. The summed E-state index contributed by atoms with van der Waals surface area (Å²) < 4.78 is 2.54. The van der Waals surface area contributed by atoms with Gasteiger partial charge in [0, 0.05) is 17.6 Å². The van der Waals surface area contributed by atoms with Gasteiger partial charge >= 0.3 is 0 Å². The summed E-state index contributed by atoms with van der Waals surface area (Å²) in [6, 6.07) is 0. The first-order chi connectivity index (χ1) is 6.86. The maximum Gasteiger partial charge on any atom is 0.210 e. The Bertz CT molecular complexity index is 405. The van der Waals surface area contributed by atoms with E-state index in [2.05, 4.69) is 29.7 Å². The minimum Gasteiger partial charge on any atom is -0.225 e. The van der Waals surface area contributed by atoms with Crippen molar-refractivity contribution in [3.05, 3.63) is 34.9 Å². The van der Waals surface area contributed by atoms with Crippen LogP contribution in [0.5, 0.6) is 0 Å². The molecule has 0 amide bonds. The third kappa shape index (κ3) is 1.05. The van der Waals surface area contributed by atoms with Crippen LogP contribution in [0.2, 0.25) is 0 Å². The predicted octanol–water partition coefficient (Wildman–Crippen LogP) is 2.45. The zero-order valence-electron chi connectivity index (χ0n) is 8.71. The summed E-state index contributed by atoms with van der Waals surface area (Å²) in [6.45, 7) is 4.62. The summed E-state index contributed by atoms with van der Waals surface area (Å²) in [5, 5.41) is 0. The molecule has 0 N–H and O–H groups in total. The fraction of sp³-hybridized carbons (Fsp3) is 0.462. The zero-order valence-corrected chi connectivity index (χ0v) is 8.71. The van der Waals surface area contributed by atoms with E-state index in [1.807, 2.05) is 0 Å². The Balaban J connectivity index is 2.11. The lowest BCUT2D eigenvalue weighted by molar-refractivity contribution is -0.513. The van der Waals surface area contributed by atoms with Gasteiger partial charge in [-0.3, -0.25) is 0 Å². The highest BCUT2D eigenvalue weighted by Crippen LogP contribution is 2.30. The first kappa shape index (κ1) is 8.22. The third-order valence-electron chi connectivity index (χ3n) is 3.41. The molecule has 0 aromatic carbocycles. The first-order valence-corrected chi connectivity index (χ1v) is 5.55. The molecule has 0 saturated heterocycles. The molecule has 0 aromatic rings. The van der Waals surface area contributed by atoms with Crippen LogP contribution in [0.25, 0.3) is 0 Å². The van der Waals surface area contributed by atoms with Gasteiger partial charge in [0.2, 0.25) is 5.71 Å². The highest BCUT2D eigenvalue weighted by atomic mass is 15.0. The largest absolute Gasteiger partial charge is 0.225 e. The Morgan fingerprint density at radius 2 is 1.93 bits per heavy atom. The molecular weight excluding hydrogens is 170 g/mol. The van der Waals surface area contributed by atoms with E-state index in [1.54, 1.807) is 5.57 Å². The highest BCUT2D eigenvalue weighted by Gasteiger charge is 2.34. The standard InChI is InChI=1S/C13H16N/c1-10-5-4-8-14-9-11-6-2-3-7-12(11)13(10)14/h5-7H,2-4,8-9H2,1H3/q+1. The molecule has 0 aromatic heterocycles. The van der Waals surface area contributed by atoms with Crippen LogP contribution in [0.15, 0.2) is 34.9 Å². The van der Waals surface area contributed by atoms with E-state index in [4.69, 9.17) is 0 Å². The molecule has 1 heteroatoms. The molecule has 3 rings (SSSR count). The van der Waals surface area contributed by atoms with Gasteiger partial charge in [-0.25, -0.2) is 4.58 Å². The number of allylic oxidation sites excluding steroid dienone is 3. The number of hydrogen-bond donors (Lipinski definition) is 0. The van der Waals surface area contributed by atoms with Crippen LogP contribution >= 0.6 is 0 Å². The summed E-state index contributed by atoms with van der Waals surface area (Å²) in [6.07, 6.45) is 10.9. The number of hydrogen-bond acceptors (Lipinski definition) is 0. The van der Waals surface area contributed by atoms with Crippen molar-refractivity contribution in [2.45, 2.75) is 26.2 Å². The van der Waals surface area contributed by atoms with Gasteiger partial charge in [-0.15, -0.1) is 0 Å². The molecule has 2 aliphatic heterocycles. The van der Waals surface area contributed by atoms with Crippen molar-refractivity contribution in [2.75, 3.05) is 13.1 Å². The van der Waals surface area contributed by atoms with Crippen LogP contribution in [0, 0.1) is 0 Å². The highest BCUT2D eigenvalue weighted by molar-refractivity contribution is 6.13. The maximum absolute atomic E-state index is 2.54. The molecule has 1 aliphatic carbocycles. The second-order valence-corrected chi connectivity index (χ2v) is 4.37. The van der Waals surface area contributed by atoms with Gasteiger partial charge in [-0.1, -0.05) is 18.2 Å². The summed E-state index contributed by atoms with van der Waals surface area (Å²) >= 11 is 0. The minimum atomic E-state index is 1.16. The molecular formula is C13H16N+. The van der Waals surface area contributed by atoms with Crippen LogP contribution < -0.4 is 0 Å². The van der Waals surface area contributed by atoms with Gasteiger partial charge < -0.3 is 0 Å². The number of nitrogens with zero attached hydrogens (tertiary/aromatic N) is 1. The normalized spacial score (nSPS) is 25.1. The molecule has 72 valence electrons. The third-order valence-corrected chi connectivity index (χ3v) is 3.41. The van der Waals surface area contributed by atoms with Gasteiger partial charge in [0.25, 0.3) is 0 Å². The molecule has 3 aliphatic rings. The minimum absolute atomic E-state index is 1.16. The molecule has 1 nitrogen and oxygen atoms in total. The second kappa shape index (κ2) is 2.94. The summed E-state index contributed by atoms with van der Waals surface area (Å²) in [5.41, 5.74) is 6.10. The van der Waals surface area contributed by atoms with Gasteiger partial charge in [0.1, 0.15) is 6.54 Å². The van der Waals surface area contributed by atoms with Crippen molar-refractivity contribution in [3.63, 3.8) is 0 Å². The predicted molar refractivity (Wildman–Crippen MR) is 58.8 cm³/mol. The van der Waals surface area contributed by atoms with E-state index in [9.17, 15) is 0 Å². The van der Waals surface area contributed by atoms with Crippen LogP contribution in [-0.4, -0.2) is 23.4 Å². The van der Waals surface area contributed by atoms with Crippen LogP contribution in [0.3, 0.4) is 0 Å². The van der Waals surface area contributed by atoms with Crippen molar-refractivity contribution in [1.29, 1.82) is 0 Å². The molecule has 0 unspecified atom stereocenters.